The van der Waals surface area contributed by atoms with Crippen LogP contribution in [0.25, 0.3) is 11.0 Å². The maximum Gasteiger partial charge on any atom is 0.338 e. The van der Waals surface area contributed by atoms with E-state index in [1.165, 1.54) is 29.0 Å². The monoisotopic (exact) mass is 492 g/mol. The summed E-state index contributed by atoms with van der Waals surface area (Å²) in [4.78, 5) is 46.2. The van der Waals surface area contributed by atoms with Gasteiger partial charge in [-0.1, -0.05) is 23.7 Å². The average Bonchev–Trinajstić information content (AvgIpc) is 3.36. The SMILES string of the molecule is Nc1ncnc2c1c(C(=O)O)cn2CC(=O)N1C[C@H](F)C[C@H]1C(=O)NCc1cccc(Cl)c1F. The van der Waals surface area contributed by atoms with Gasteiger partial charge in [-0.05, 0) is 6.07 Å². The number of hydrogen-bond acceptors (Lipinski definition) is 6. The predicted octanol–water partition coefficient (Wildman–Crippen LogP) is 1.76. The van der Waals surface area contributed by atoms with Crippen molar-refractivity contribution in [3.05, 3.63) is 52.7 Å². The van der Waals surface area contributed by atoms with Gasteiger partial charge in [0.15, 0.2) is 0 Å². The van der Waals surface area contributed by atoms with Crippen LogP contribution in [-0.2, 0) is 22.7 Å². The van der Waals surface area contributed by atoms with Gasteiger partial charge in [-0.3, -0.25) is 9.59 Å². The second-order valence-corrected chi connectivity index (χ2v) is 8.17. The van der Waals surface area contributed by atoms with Crippen molar-refractivity contribution >= 4 is 46.2 Å². The number of rotatable bonds is 6. The molecule has 0 saturated carbocycles. The van der Waals surface area contributed by atoms with Crippen LogP contribution in [0.1, 0.15) is 22.3 Å². The number of amides is 2. The van der Waals surface area contributed by atoms with Crippen LogP contribution in [0.2, 0.25) is 5.02 Å². The first-order chi connectivity index (χ1) is 16.2. The molecule has 1 aliphatic heterocycles. The molecule has 4 N–H and O–H groups in total. The predicted molar refractivity (Wildman–Crippen MR) is 117 cm³/mol. The minimum Gasteiger partial charge on any atom is -0.478 e. The molecule has 4 rings (SSSR count). The summed E-state index contributed by atoms with van der Waals surface area (Å²) in [5, 5.41) is 11.9. The van der Waals surface area contributed by atoms with E-state index in [1.807, 2.05) is 0 Å². The number of carbonyl (C=O) groups excluding carboxylic acids is 2. The van der Waals surface area contributed by atoms with Crippen LogP contribution in [0.15, 0.2) is 30.7 Å². The number of aromatic nitrogens is 3. The lowest BCUT2D eigenvalue weighted by Gasteiger charge is -2.24. The van der Waals surface area contributed by atoms with Crippen molar-refractivity contribution in [3.8, 4) is 0 Å². The molecule has 3 heterocycles. The molecule has 0 spiro atoms. The topological polar surface area (TPSA) is 143 Å². The summed E-state index contributed by atoms with van der Waals surface area (Å²) in [6.45, 7) is -0.911. The fourth-order valence-corrected chi connectivity index (χ4v) is 4.15. The van der Waals surface area contributed by atoms with Crippen LogP contribution in [0.4, 0.5) is 14.6 Å². The van der Waals surface area contributed by atoms with E-state index >= 15 is 0 Å². The molecule has 0 bridgehead atoms. The Morgan fingerprint density at radius 1 is 1.29 bits per heavy atom. The standard InChI is InChI=1S/C21H19ClF2N6O4/c22-13-3-1-2-10(17(13)24)5-26-20(32)14-4-11(23)6-30(14)15(31)8-29-7-12(21(33)34)16-18(25)27-9-28-19(16)29/h1-3,7,9,11,14H,4-6,8H2,(H,26,32)(H,33,34)(H2,25,27,28)/t11-,14+/m1/s1. The van der Waals surface area contributed by atoms with E-state index in [-0.39, 0.29) is 52.5 Å². The molecule has 1 aromatic carbocycles. The maximum absolute atomic E-state index is 14.2. The summed E-state index contributed by atoms with van der Waals surface area (Å²) < 4.78 is 29.6. The fraction of sp³-hybridized carbons (Fsp3) is 0.286. The molecule has 13 heteroatoms. The number of fused-ring (bicyclic) bond motifs is 1. The lowest BCUT2D eigenvalue weighted by molar-refractivity contribution is -0.139. The number of hydrogen-bond donors (Lipinski definition) is 3. The van der Waals surface area contributed by atoms with Crippen molar-refractivity contribution in [3.63, 3.8) is 0 Å². The normalized spacial score (nSPS) is 17.8. The number of alkyl halides is 1. The van der Waals surface area contributed by atoms with Gasteiger partial charge >= 0.3 is 5.97 Å². The van der Waals surface area contributed by atoms with Crippen LogP contribution in [0.5, 0.6) is 0 Å². The van der Waals surface area contributed by atoms with Gasteiger partial charge in [0, 0.05) is 24.7 Å². The number of nitrogens with two attached hydrogens (primary N) is 1. The highest BCUT2D eigenvalue weighted by Gasteiger charge is 2.40. The van der Waals surface area contributed by atoms with Gasteiger partial charge in [-0.15, -0.1) is 0 Å². The van der Waals surface area contributed by atoms with Gasteiger partial charge < -0.3 is 25.6 Å². The summed E-state index contributed by atoms with van der Waals surface area (Å²) >= 11 is 5.74. The van der Waals surface area contributed by atoms with Crippen molar-refractivity contribution < 1.29 is 28.3 Å². The third-order valence-electron chi connectivity index (χ3n) is 5.58. The van der Waals surface area contributed by atoms with Gasteiger partial charge in [0.1, 0.15) is 42.4 Å². The van der Waals surface area contributed by atoms with Gasteiger partial charge in [-0.2, -0.15) is 0 Å². The molecule has 2 atom stereocenters. The summed E-state index contributed by atoms with van der Waals surface area (Å²) in [6, 6.07) is 3.22. The molecule has 178 valence electrons. The number of likely N-dealkylation sites (tertiary alicyclic amines) is 1. The zero-order valence-corrected chi connectivity index (χ0v) is 18.3. The molecule has 1 saturated heterocycles. The molecule has 3 aromatic rings. The molecule has 10 nitrogen and oxygen atoms in total. The quantitative estimate of drug-likeness (QED) is 0.475. The zero-order valence-electron chi connectivity index (χ0n) is 17.5. The molecular weight excluding hydrogens is 474 g/mol. The van der Waals surface area contributed by atoms with Crippen LogP contribution in [-0.4, -0.2) is 61.1 Å². The number of nitrogen functional groups attached to an aromatic ring is 1. The first-order valence-corrected chi connectivity index (χ1v) is 10.5. The number of carboxylic acid groups (broad SMARTS) is 1. The number of carboxylic acids is 1. The molecule has 1 fully saturated rings. The largest absolute Gasteiger partial charge is 0.478 e. The van der Waals surface area contributed by atoms with E-state index in [0.29, 0.717) is 0 Å². The zero-order chi connectivity index (χ0) is 24.6. The summed E-state index contributed by atoms with van der Waals surface area (Å²) in [5.41, 5.74) is 5.85. The number of aromatic carboxylic acids is 1. The van der Waals surface area contributed by atoms with Crippen LogP contribution in [0.3, 0.4) is 0 Å². The highest BCUT2D eigenvalue weighted by molar-refractivity contribution is 6.30. The number of anilines is 1. The number of nitrogens with zero attached hydrogens (tertiary/aromatic N) is 4. The Kier molecular flexibility index (Phi) is 6.33. The molecule has 34 heavy (non-hydrogen) atoms. The van der Waals surface area contributed by atoms with E-state index in [0.717, 1.165) is 11.2 Å². The number of carbonyl (C=O) groups is 3. The summed E-state index contributed by atoms with van der Waals surface area (Å²) in [7, 11) is 0. The Labute approximate surface area is 196 Å². The van der Waals surface area contributed by atoms with Gasteiger partial charge in [0.2, 0.25) is 11.8 Å². The van der Waals surface area contributed by atoms with Crippen molar-refractivity contribution in [2.24, 2.45) is 0 Å². The molecular formula is C21H19ClF2N6O4. The second-order valence-electron chi connectivity index (χ2n) is 7.76. The third-order valence-corrected chi connectivity index (χ3v) is 5.87. The Bertz CT molecular complexity index is 1300. The van der Waals surface area contributed by atoms with Crippen LogP contribution in [0, 0.1) is 5.82 Å². The van der Waals surface area contributed by atoms with Crippen molar-refractivity contribution in [2.45, 2.75) is 31.7 Å². The van der Waals surface area contributed by atoms with E-state index < -0.39 is 42.4 Å². The van der Waals surface area contributed by atoms with Gasteiger partial charge in [0.25, 0.3) is 0 Å². The van der Waals surface area contributed by atoms with Crippen molar-refractivity contribution in [2.75, 3.05) is 12.3 Å². The highest BCUT2D eigenvalue weighted by atomic mass is 35.5. The first-order valence-electron chi connectivity index (χ1n) is 10.1. The smallest absolute Gasteiger partial charge is 0.338 e. The summed E-state index contributed by atoms with van der Waals surface area (Å²) in [6.07, 6.45) is 0.660. The Morgan fingerprint density at radius 2 is 2.06 bits per heavy atom. The Balaban J connectivity index is 1.52. The second kappa shape index (κ2) is 9.21. The molecule has 0 unspecified atom stereocenters. The number of benzene rings is 1. The molecule has 1 aliphatic rings. The van der Waals surface area contributed by atoms with Crippen molar-refractivity contribution in [1.82, 2.24) is 24.8 Å². The first kappa shape index (κ1) is 23.4. The fourth-order valence-electron chi connectivity index (χ4n) is 3.96. The number of nitrogens with one attached hydrogen (secondary N) is 1. The molecule has 0 radical (unpaired) electrons. The lowest BCUT2D eigenvalue weighted by Crippen LogP contribution is -2.46. The minimum absolute atomic E-state index is 0.0657. The minimum atomic E-state index is -1.43. The van der Waals surface area contributed by atoms with E-state index in [2.05, 4.69) is 15.3 Å². The lowest BCUT2D eigenvalue weighted by atomic mass is 10.1. The van der Waals surface area contributed by atoms with E-state index in [9.17, 15) is 28.3 Å². The average molecular weight is 493 g/mol. The van der Waals surface area contributed by atoms with Crippen LogP contribution < -0.4 is 11.1 Å². The molecule has 0 aliphatic carbocycles. The maximum atomic E-state index is 14.2. The van der Waals surface area contributed by atoms with Crippen molar-refractivity contribution in [1.29, 1.82) is 0 Å². The third kappa shape index (κ3) is 4.36. The van der Waals surface area contributed by atoms with Gasteiger partial charge in [-0.25, -0.2) is 23.5 Å². The number of halogens is 3. The van der Waals surface area contributed by atoms with E-state index in [1.54, 1.807) is 0 Å². The Hall–Kier alpha value is -3.80. The Morgan fingerprint density at radius 3 is 2.79 bits per heavy atom. The summed E-state index contributed by atoms with van der Waals surface area (Å²) in [5.74, 6) is -3.30. The molecule has 2 aromatic heterocycles. The van der Waals surface area contributed by atoms with E-state index in [4.69, 9.17) is 17.3 Å². The van der Waals surface area contributed by atoms with Gasteiger partial charge in [0.05, 0.1) is 22.5 Å². The van der Waals surface area contributed by atoms with Crippen LogP contribution >= 0.6 is 11.6 Å². The highest BCUT2D eigenvalue weighted by Crippen LogP contribution is 2.26. The molecule has 2 amide bonds.